The maximum atomic E-state index is 13.1. The molecule has 0 aliphatic heterocycles. The van der Waals surface area contributed by atoms with Crippen molar-refractivity contribution < 1.29 is 23.4 Å². The standard InChI is InChI=1S/C14H8FNO4/c15-8-5-6-11(9(7-8)13(17)18)19-14-16-10-3-1-2-4-12(10)20-14/h1-7H,(H,17,18). The number of aromatic carboxylic acids is 1. The highest BCUT2D eigenvalue weighted by molar-refractivity contribution is 5.91. The number of rotatable bonds is 3. The molecule has 0 radical (unpaired) electrons. The fraction of sp³-hybridized carbons (Fsp3) is 0. The van der Waals surface area contributed by atoms with Gasteiger partial charge in [0.05, 0.1) is 0 Å². The van der Waals surface area contributed by atoms with E-state index in [2.05, 4.69) is 4.98 Å². The number of hydrogen-bond donors (Lipinski definition) is 1. The van der Waals surface area contributed by atoms with Crippen LogP contribution in [0, 0.1) is 5.82 Å². The predicted molar refractivity (Wildman–Crippen MR) is 67.4 cm³/mol. The number of ether oxygens (including phenoxy) is 1. The van der Waals surface area contributed by atoms with E-state index in [0.717, 1.165) is 12.1 Å². The number of benzene rings is 2. The third kappa shape index (κ3) is 2.18. The van der Waals surface area contributed by atoms with E-state index in [1.165, 1.54) is 6.07 Å². The lowest BCUT2D eigenvalue weighted by Gasteiger charge is -2.04. The smallest absolute Gasteiger partial charge is 0.400 e. The summed E-state index contributed by atoms with van der Waals surface area (Å²) in [5.41, 5.74) is 0.801. The van der Waals surface area contributed by atoms with E-state index in [1.807, 2.05) is 0 Å². The molecule has 0 amide bonds. The summed E-state index contributed by atoms with van der Waals surface area (Å²) < 4.78 is 23.7. The Bertz CT molecular complexity index is 764. The maximum absolute atomic E-state index is 13.1. The number of oxazole rings is 1. The first-order chi connectivity index (χ1) is 9.63. The van der Waals surface area contributed by atoms with Crippen LogP contribution in [-0.2, 0) is 0 Å². The Balaban J connectivity index is 2.00. The quantitative estimate of drug-likeness (QED) is 0.791. The highest BCUT2D eigenvalue weighted by Crippen LogP contribution is 2.28. The minimum Gasteiger partial charge on any atom is -0.478 e. The molecular formula is C14H8FNO4. The van der Waals surface area contributed by atoms with Gasteiger partial charge in [-0.2, -0.15) is 4.98 Å². The van der Waals surface area contributed by atoms with Gasteiger partial charge in [-0.1, -0.05) is 12.1 Å². The topological polar surface area (TPSA) is 72.6 Å². The van der Waals surface area contributed by atoms with Gasteiger partial charge in [0, 0.05) is 0 Å². The van der Waals surface area contributed by atoms with Crippen LogP contribution in [0.25, 0.3) is 11.1 Å². The molecule has 1 N–H and O–H groups in total. The molecule has 3 aromatic rings. The van der Waals surface area contributed by atoms with Gasteiger partial charge in [0.1, 0.15) is 22.6 Å². The molecule has 0 spiro atoms. The number of para-hydroxylation sites is 2. The van der Waals surface area contributed by atoms with E-state index in [0.29, 0.717) is 11.1 Å². The van der Waals surface area contributed by atoms with E-state index < -0.39 is 11.8 Å². The van der Waals surface area contributed by atoms with Crippen LogP contribution in [0.1, 0.15) is 10.4 Å². The number of aromatic nitrogens is 1. The Kier molecular flexibility index (Phi) is 2.83. The molecule has 0 fully saturated rings. The molecule has 100 valence electrons. The van der Waals surface area contributed by atoms with E-state index in [-0.39, 0.29) is 17.4 Å². The van der Waals surface area contributed by atoms with Crippen LogP contribution in [0.3, 0.4) is 0 Å². The predicted octanol–water partition coefficient (Wildman–Crippen LogP) is 3.46. The van der Waals surface area contributed by atoms with Crippen molar-refractivity contribution in [2.75, 3.05) is 0 Å². The molecule has 2 aromatic carbocycles. The summed E-state index contributed by atoms with van der Waals surface area (Å²) in [6.07, 6.45) is -0.0969. The SMILES string of the molecule is O=C(O)c1cc(F)ccc1Oc1nc2ccccc2o1. The second-order valence-corrected chi connectivity index (χ2v) is 4.00. The van der Waals surface area contributed by atoms with Gasteiger partial charge >= 0.3 is 12.0 Å². The molecule has 6 heteroatoms. The van der Waals surface area contributed by atoms with Gasteiger partial charge in [-0.15, -0.1) is 0 Å². The second kappa shape index (κ2) is 4.65. The summed E-state index contributed by atoms with van der Waals surface area (Å²) in [5.74, 6) is -1.99. The first-order valence-electron chi connectivity index (χ1n) is 5.70. The lowest BCUT2D eigenvalue weighted by atomic mass is 10.2. The average molecular weight is 273 g/mol. The number of halogens is 1. The summed E-state index contributed by atoms with van der Waals surface area (Å²) >= 11 is 0. The lowest BCUT2D eigenvalue weighted by Crippen LogP contribution is -2.00. The van der Waals surface area contributed by atoms with Gasteiger partial charge in [-0.05, 0) is 30.3 Å². The van der Waals surface area contributed by atoms with Crippen molar-refractivity contribution >= 4 is 17.1 Å². The van der Waals surface area contributed by atoms with Crippen molar-refractivity contribution in [3.05, 3.63) is 53.8 Å². The first kappa shape index (κ1) is 12.2. The minimum atomic E-state index is -1.30. The van der Waals surface area contributed by atoms with E-state index in [4.69, 9.17) is 14.3 Å². The fourth-order valence-electron chi connectivity index (χ4n) is 1.75. The fourth-order valence-corrected chi connectivity index (χ4v) is 1.75. The molecule has 0 bridgehead atoms. The summed E-state index contributed by atoms with van der Waals surface area (Å²) in [6.45, 7) is 0. The summed E-state index contributed by atoms with van der Waals surface area (Å²) in [7, 11) is 0. The van der Waals surface area contributed by atoms with Crippen LogP contribution >= 0.6 is 0 Å². The van der Waals surface area contributed by atoms with Crippen molar-refractivity contribution in [3.8, 4) is 11.8 Å². The van der Waals surface area contributed by atoms with Gasteiger partial charge in [0.15, 0.2) is 5.58 Å². The molecule has 0 aliphatic rings. The molecular weight excluding hydrogens is 265 g/mol. The van der Waals surface area contributed by atoms with Crippen molar-refractivity contribution in [2.24, 2.45) is 0 Å². The molecule has 3 rings (SSSR count). The number of hydrogen-bond acceptors (Lipinski definition) is 4. The van der Waals surface area contributed by atoms with Gasteiger partial charge in [-0.3, -0.25) is 0 Å². The van der Waals surface area contributed by atoms with E-state index in [9.17, 15) is 9.18 Å². The van der Waals surface area contributed by atoms with Gasteiger partial charge in [-0.25, -0.2) is 9.18 Å². The summed E-state index contributed by atoms with van der Waals surface area (Å²) in [4.78, 5) is 15.1. The Morgan fingerprint density at radius 1 is 1.25 bits per heavy atom. The Morgan fingerprint density at radius 3 is 2.80 bits per heavy atom. The first-order valence-corrected chi connectivity index (χ1v) is 5.70. The van der Waals surface area contributed by atoms with Crippen LogP contribution in [0.15, 0.2) is 46.9 Å². The number of carboxylic acid groups (broad SMARTS) is 1. The van der Waals surface area contributed by atoms with Gasteiger partial charge in [0.2, 0.25) is 0 Å². The third-order valence-electron chi connectivity index (χ3n) is 2.64. The van der Waals surface area contributed by atoms with E-state index >= 15 is 0 Å². The molecule has 1 aromatic heterocycles. The normalized spacial score (nSPS) is 10.7. The second-order valence-electron chi connectivity index (χ2n) is 4.00. The molecule has 0 saturated heterocycles. The van der Waals surface area contributed by atoms with Crippen LogP contribution in [0.4, 0.5) is 4.39 Å². The van der Waals surface area contributed by atoms with Gasteiger partial charge < -0.3 is 14.3 Å². The molecule has 0 atom stereocenters. The van der Waals surface area contributed by atoms with Crippen molar-refractivity contribution in [1.82, 2.24) is 4.98 Å². The average Bonchev–Trinajstić information content (AvgIpc) is 2.82. The minimum absolute atomic E-state index is 0.0366. The zero-order chi connectivity index (χ0) is 14.1. The van der Waals surface area contributed by atoms with Crippen LogP contribution in [-0.4, -0.2) is 16.1 Å². The number of carbonyl (C=O) groups is 1. The summed E-state index contributed by atoms with van der Waals surface area (Å²) in [6, 6.07) is 10.2. The largest absolute Gasteiger partial charge is 0.478 e. The van der Waals surface area contributed by atoms with Crippen molar-refractivity contribution in [3.63, 3.8) is 0 Å². The molecule has 0 aliphatic carbocycles. The number of carboxylic acids is 1. The monoisotopic (exact) mass is 273 g/mol. The third-order valence-corrected chi connectivity index (χ3v) is 2.64. The van der Waals surface area contributed by atoms with Crippen LogP contribution in [0.5, 0.6) is 11.8 Å². The van der Waals surface area contributed by atoms with Crippen LogP contribution in [0.2, 0.25) is 0 Å². The molecule has 0 unspecified atom stereocenters. The van der Waals surface area contributed by atoms with E-state index in [1.54, 1.807) is 24.3 Å². The molecule has 0 saturated carbocycles. The van der Waals surface area contributed by atoms with Crippen molar-refractivity contribution in [1.29, 1.82) is 0 Å². The molecule has 20 heavy (non-hydrogen) atoms. The zero-order valence-electron chi connectivity index (χ0n) is 10.0. The van der Waals surface area contributed by atoms with Crippen LogP contribution < -0.4 is 4.74 Å². The number of nitrogens with zero attached hydrogens (tertiary/aromatic N) is 1. The molecule has 1 heterocycles. The Labute approximate surface area is 112 Å². The highest BCUT2D eigenvalue weighted by Gasteiger charge is 2.16. The highest BCUT2D eigenvalue weighted by atomic mass is 19.1. The number of fused-ring (bicyclic) bond motifs is 1. The van der Waals surface area contributed by atoms with Crippen molar-refractivity contribution in [2.45, 2.75) is 0 Å². The van der Waals surface area contributed by atoms with Gasteiger partial charge in [0.25, 0.3) is 0 Å². The summed E-state index contributed by atoms with van der Waals surface area (Å²) in [5, 5.41) is 9.01. The molecule has 5 nitrogen and oxygen atoms in total. The Hall–Kier alpha value is -2.89. The zero-order valence-corrected chi connectivity index (χ0v) is 10.0. The lowest BCUT2D eigenvalue weighted by molar-refractivity contribution is 0.0693. The Morgan fingerprint density at radius 2 is 2.05 bits per heavy atom. The maximum Gasteiger partial charge on any atom is 0.400 e.